The maximum Gasteiger partial charge on any atom is 0.338 e. The number of fused-ring (bicyclic) bond motifs is 1. The zero-order chi connectivity index (χ0) is 26.9. The van der Waals surface area contributed by atoms with E-state index in [0.717, 1.165) is 4.47 Å². The van der Waals surface area contributed by atoms with Crippen molar-refractivity contribution in [3.63, 3.8) is 0 Å². The van der Waals surface area contributed by atoms with Crippen LogP contribution in [0.15, 0.2) is 61.9 Å². The van der Waals surface area contributed by atoms with Gasteiger partial charge >= 0.3 is 5.97 Å². The first-order chi connectivity index (χ1) is 17.7. The van der Waals surface area contributed by atoms with Crippen LogP contribution in [0.5, 0.6) is 17.2 Å². The van der Waals surface area contributed by atoms with E-state index in [-0.39, 0.29) is 17.2 Å². The normalized spacial score (nSPS) is 15.4. The van der Waals surface area contributed by atoms with Crippen molar-refractivity contribution in [3.8, 4) is 17.2 Å². The number of nitrogens with zero attached hydrogens (tertiary/aromatic N) is 2. The second kappa shape index (κ2) is 10.9. The molecule has 0 radical (unpaired) electrons. The quantitative estimate of drug-likeness (QED) is 0.389. The first kappa shape index (κ1) is 26.7. The van der Waals surface area contributed by atoms with Gasteiger partial charge < -0.3 is 18.9 Å². The third-order valence-corrected chi connectivity index (χ3v) is 7.27. The minimum absolute atomic E-state index is 0.281. The molecule has 0 amide bonds. The second-order valence-electron chi connectivity index (χ2n) is 8.53. The van der Waals surface area contributed by atoms with Gasteiger partial charge in [-0.05, 0) is 63.2 Å². The Bertz CT molecular complexity index is 1570. The molecule has 0 N–H and O–H groups in total. The lowest BCUT2D eigenvalue weighted by Gasteiger charge is -2.26. The standard InChI is InChI=1S/C27H27BrN2O6S/c1-14(2)36-26(32)23-15(3)29-27-30(24(23)19-13-17(28)7-9-21(19)35-6)25(31)22(37-27)12-16-11-18(33-4)8-10-20(16)34-5/h7-14,24H,1-6H3/b22-12-/t24-/m0/s1. The monoisotopic (exact) mass is 586 g/mol. The summed E-state index contributed by atoms with van der Waals surface area (Å²) >= 11 is 4.74. The van der Waals surface area contributed by atoms with E-state index in [1.807, 2.05) is 12.1 Å². The Morgan fingerprint density at radius 3 is 2.43 bits per heavy atom. The van der Waals surface area contributed by atoms with Crippen molar-refractivity contribution in [3.05, 3.63) is 83.0 Å². The Kier molecular flexibility index (Phi) is 7.89. The van der Waals surface area contributed by atoms with Crippen LogP contribution in [0.2, 0.25) is 0 Å². The van der Waals surface area contributed by atoms with Gasteiger partial charge in [0, 0.05) is 15.6 Å². The highest BCUT2D eigenvalue weighted by Crippen LogP contribution is 2.37. The zero-order valence-electron chi connectivity index (χ0n) is 21.3. The summed E-state index contributed by atoms with van der Waals surface area (Å²) in [6.45, 7) is 5.30. The van der Waals surface area contributed by atoms with Crippen LogP contribution in [-0.2, 0) is 9.53 Å². The molecule has 0 unspecified atom stereocenters. The predicted molar refractivity (Wildman–Crippen MR) is 145 cm³/mol. The molecule has 194 valence electrons. The number of allylic oxidation sites excluding steroid dienone is 1. The third kappa shape index (κ3) is 5.21. The third-order valence-electron chi connectivity index (χ3n) is 5.79. The van der Waals surface area contributed by atoms with Crippen LogP contribution >= 0.6 is 27.3 Å². The topological polar surface area (TPSA) is 88.3 Å². The van der Waals surface area contributed by atoms with Gasteiger partial charge in [-0.3, -0.25) is 9.36 Å². The fourth-order valence-corrected chi connectivity index (χ4v) is 5.58. The van der Waals surface area contributed by atoms with Crippen LogP contribution in [0, 0.1) is 0 Å². The van der Waals surface area contributed by atoms with Crippen LogP contribution in [0.4, 0.5) is 0 Å². The van der Waals surface area contributed by atoms with Gasteiger partial charge in [0.2, 0.25) is 0 Å². The summed E-state index contributed by atoms with van der Waals surface area (Å²) in [7, 11) is 4.69. The Balaban J connectivity index is 2.02. The van der Waals surface area contributed by atoms with Crippen LogP contribution in [-0.4, -0.2) is 38.0 Å². The molecular weight excluding hydrogens is 560 g/mol. The first-order valence-corrected chi connectivity index (χ1v) is 13.1. The number of carbonyl (C=O) groups is 1. The zero-order valence-corrected chi connectivity index (χ0v) is 23.7. The largest absolute Gasteiger partial charge is 0.497 e. The maximum absolute atomic E-state index is 13.9. The van der Waals surface area contributed by atoms with Crippen molar-refractivity contribution in [2.45, 2.75) is 32.9 Å². The Morgan fingerprint density at radius 2 is 1.78 bits per heavy atom. The van der Waals surface area contributed by atoms with Crippen LogP contribution in [0.25, 0.3) is 6.08 Å². The highest BCUT2D eigenvalue weighted by molar-refractivity contribution is 9.10. The molecule has 0 saturated heterocycles. The molecular formula is C27H27BrN2O6S. The molecule has 3 aromatic rings. The summed E-state index contributed by atoms with van der Waals surface area (Å²) in [6.07, 6.45) is 1.40. The Morgan fingerprint density at radius 1 is 1.08 bits per heavy atom. The number of benzene rings is 2. The average Bonchev–Trinajstić information content (AvgIpc) is 3.16. The summed E-state index contributed by atoms with van der Waals surface area (Å²) in [5, 5.41) is 0. The summed E-state index contributed by atoms with van der Waals surface area (Å²) in [5.41, 5.74) is 1.77. The lowest BCUT2D eigenvalue weighted by molar-refractivity contribution is -0.143. The molecule has 1 aliphatic rings. The highest BCUT2D eigenvalue weighted by atomic mass is 79.9. The number of aromatic nitrogens is 1. The van der Waals surface area contributed by atoms with E-state index in [9.17, 15) is 9.59 Å². The average molecular weight is 587 g/mol. The number of thiazole rings is 1. The molecule has 2 aromatic carbocycles. The van der Waals surface area contributed by atoms with E-state index in [1.165, 1.54) is 15.9 Å². The lowest BCUT2D eigenvalue weighted by atomic mass is 9.95. The Hall–Kier alpha value is -3.37. The number of hydrogen-bond donors (Lipinski definition) is 0. The second-order valence-corrected chi connectivity index (χ2v) is 10.5. The Labute approximate surface area is 226 Å². The molecule has 2 heterocycles. The fourth-order valence-electron chi connectivity index (χ4n) is 4.17. The van der Waals surface area contributed by atoms with Crippen molar-refractivity contribution < 1.29 is 23.7 Å². The molecule has 4 rings (SSSR count). The summed E-state index contributed by atoms with van der Waals surface area (Å²) < 4.78 is 24.8. The summed E-state index contributed by atoms with van der Waals surface area (Å²) in [5.74, 6) is 1.22. The van der Waals surface area contributed by atoms with Gasteiger partial charge in [-0.25, -0.2) is 9.79 Å². The summed E-state index contributed by atoms with van der Waals surface area (Å²) in [6, 6.07) is 10.0. The van der Waals surface area contributed by atoms with Crippen molar-refractivity contribution in [1.82, 2.24) is 4.57 Å². The van der Waals surface area contributed by atoms with Crippen LogP contribution < -0.4 is 29.1 Å². The molecule has 1 aromatic heterocycles. The van der Waals surface area contributed by atoms with E-state index in [2.05, 4.69) is 20.9 Å². The first-order valence-electron chi connectivity index (χ1n) is 11.5. The highest BCUT2D eigenvalue weighted by Gasteiger charge is 2.35. The molecule has 0 bridgehead atoms. The van der Waals surface area contributed by atoms with Crippen LogP contribution in [0.3, 0.4) is 0 Å². The molecule has 1 atom stereocenters. The number of halogens is 1. The van der Waals surface area contributed by atoms with E-state index >= 15 is 0 Å². The van der Waals surface area contributed by atoms with Gasteiger partial charge in [0.1, 0.15) is 23.3 Å². The molecule has 0 saturated carbocycles. The lowest BCUT2D eigenvalue weighted by Crippen LogP contribution is -2.40. The SMILES string of the molecule is COc1ccc(OC)c(/C=c2\sc3n(c2=O)[C@@H](c2cc(Br)ccc2OC)C(C(=O)OC(C)C)=C(C)N=3)c1. The number of methoxy groups -OCH3 is 3. The van der Waals surface area contributed by atoms with E-state index < -0.39 is 12.0 Å². The fraction of sp³-hybridized carbons (Fsp3) is 0.296. The van der Waals surface area contributed by atoms with Crippen molar-refractivity contribution in [2.75, 3.05) is 21.3 Å². The van der Waals surface area contributed by atoms with E-state index in [4.69, 9.17) is 18.9 Å². The molecule has 37 heavy (non-hydrogen) atoms. The van der Waals surface area contributed by atoms with Gasteiger partial charge in [-0.2, -0.15) is 0 Å². The molecule has 1 aliphatic heterocycles. The maximum atomic E-state index is 13.9. The minimum Gasteiger partial charge on any atom is -0.497 e. The number of rotatable bonds is 7. The van der Waals surface area contributed by atoms with Gasteiger partial charge in [0.25, 0.3) is 5.56 Å². The molecule has 0 spiro atoms. The van der Waals surface area contributed by atoms with Crippen molar-refractivity contribution >= 4 is 39.3 Å². The smallest absolute Gasteiger partial charge is 0.338 e. The molecule has 0 fully saturated rings. The predicted octanol–water partition coefficient (Wildman–Crippen LogP) is 3.98. The van der Waals surface area contributed by atoms with Gasteiger partial charge in [-0.1, -0.05) is 27.3 Å². The molecule has 0 aliphatic carbocycles. The number of carbonyl (C=O) groups excluding carboxylic acids is 1. The van der Waals surface area contributed by atoms with Gasteiger partial charge in [0.15, 0.2) is 4.80 Å². The number of hydrogen-bond acceptors (Lipinski definition) is 8. The van der Waals surface area contributed by atoms with Crippen molar-refractivity contribution in [1.29, 1.82) is 0 Å². The molecule has 10 heteroatoms. The summed E-state index contributed by atoms with van der Waals surface area (Å²) in [4.78, 5) is 32.3. The van der Waals surface area contributed by atoms with E-state index in [0.29, 0.717) is 43.4 Å². The van der Waals surface area contributed by atoms with Gasteiger partial charge in [-0.15, -0.1) is 0 Å². The van der Waals surface area contributed by atoms with Crippen LogP contribution in [0.1, 0.15) is 37.9 Å². The van der Waals surface area contributed by atoms with E-state index in [1.54, 1.807) is 72.4 Å². The van der Waals surface area contributed by atoms with Gasteiger partial charge in [0.05, 0.1) is 43.2 Å². The molecule has 8 nitrogen and oxygen atoms in total. The number of esters is 1. The van der Waals surface area contributed by atoms with Crippen molar-refractivity contribution in [2.24, 2.45) is 4.99 Å². The minimum atomic E-state index is -0.802. The number of ether oxygens (including phenoxy) is 4.